The predicted octanol–water partition coefficient (Wildman–Crippen LogP) is 4.87. The van der Waals surface area contributed by atoms with Crippen molar-refractivity contribution < 1.29 is 14.0 Å². The van der Waals surface area contributed by atoms with Crippen molar-refractivity contribution in [3.8, 4) is 0 Å². The van der Waals surface area contributed by atoms with E-state index >= 15 is 0 Å². The molecule has 9 heteroatoms. The molecule has 1 N–H and O–H groups in total. The number of dihydropyridines is 1. The number of nitrogens with one attached hydrogen (secondary N) is 1. The van der Waals surface area contributed by atoms with Crippen LogP contribution >= 0.6 is 0 Å². The molecule has 0 radical (unpaired) electrons. The van der Waals surface area contributed by atoms with Crippen molar-refractivity contribution in [1.82, 2.24) is 19.9 Å². The average molecular weight is 541 g/mol. The lowest BCUT2D eigenvalue weighted by atomic mass is 9.92. The lowest BCUT2D eigenvalue weighted by Gasteiger charge is -2.20. The highest BCUT2D eigenvalue weighted by Crippen LogP contribution is 2.30. The maximum atomic E-state index is 14.7. The third-order valence-electron chi connectivity index (χ3n) is 7.33. The van der Waals surface area contributed by atoms with E-state index in [0.717, 1.165) is 24.2 Å². The highest BCUT2D eigenvalue weighted by atomic mass is 19.1. The van der Waals surface area contributed by atoms with E-state index in [1.807, 2.05) is 39.1 Å². The van der Waals surface area contributed by atoms with Gasteiger partial charge in [0.15, 0.2) is 11.6 Å². The Morgan fingerprint density at radius 1 is 1.10 bits per heavy atom. The van der Waals surface area contributed by atoms with Crippen LogP contribution in [-0.2, 0) is 16.6 Å². The van der Waals surface area contributed by atoms with E-state index in [1.54, 1.807) is 24.4 Å². The second kappa shape index (κ2) is 11.2. The second-order valence-electron chi connectivity index (χ2n) is 11.4. The first-order valence-corrected chi connectivity index (χ1v) is 13.5. The van der Waals surface area contributed by atoms with Crippen LogP contribution in [0.1, 0.15) is 72.5 Å². The van der Waals surface area contributed by atoms with Gasteiger partial charge in [-0.2, -0.15) is 0 Å². The van der Waals surface area contributed by atoms with Crippen molar-refractivity contribution in [2.45, 2.75) is 51.5 Å². The summed E-state index contributed by atoms with van der Waals surface area (Å²) in [5, 5.41) is 3.12. The number of ketones is 2. The summed E-state index contributed by atoms with van der Waals surface area (Å²) in [6.45, 7) is 7.07. The lowest BCUT2D eigenvalue weighted by molar-refractivity contribution is -0.114. The Labute approximate surface area is 233 Å². The molecule has 1 atom stereocenters. The molecule has 0 amide bonds. The Morgan fingerprint density at radius 2 is 1.93 bits per heavy atom. The van der Waals surface area contributed by atoms with Crippen LogP contribution in [0.15, 0.2) is 65.7 Å². The van der Waals surface area contributed by atoms with Crippen LogP contribution in [0.3, 0.4) is 0 Å². The summed E-state index contributed by atoms with van der Waals surface area (Å²) in [6, 6.07) is 8.78. The summed E-state index contributed by atoms with van der Waals surface area (Å²) in [7, 11) is 2.12. The molecule has 1 unspecified atom stereocenters. The second-order valence-corrected chi connectivity index (χ2v) is 11.4. The summed E-state index contributed by atoms with van der Waals surface area (Å²) in [5.74, 6) is -0.432. The summed E-state index contributed by atoms with van der Waals surface area (Å²) in [5.41, 5.74) is 3.63. The van der Waals surface area contributed by atoms with Gasteiger partial charge in [0.2, 0.25) is 0 Å². The number of carbonyl (C=O) groups is 2. The predicted molar refractivity (Wildman–Crippen MR) is 152 cm³/mol. The lowest BCUT2D eigenvalue weighted by Crippen LogP contribution is -2.22. The number of aromatic nitrogens is 3. The Bertz CT molecular complexity index is 1490. The minimum Gasteiger partial charge on any atom is -0.337 e. The van der Waals surface area contributed by atoms with E-state index in [0.29, 0.717) is 28.8 Å². The van der Waals surface area contributed by atoms with E-state index in [1.165, 1.54) is 18.7 Å². The van der Waals surface area contributed by atoms with Crippen LogP contribution in [0.25, 0.3) is 0 Å². The molecule has 0 spiro atoms. The van der Waals surface area contributed by atoms with Gasteiger partial charge in [-0.25, -0.2) is 14.4 Å². The number of benzene rings is 1. The molecule has 2 aromatic heterocycles. The normalized spacial score (nSPS) is 17.9. The van der Waals surface area contributed by atoms with Gasteiger partial charge in [-0.3, -0.25) is 24.5 Å². The Morgan fingerprint density at radius 3 is 2.58 bits per heavy atom. The monoisotopic (exact) mass is 540 g/mol. The summed E-state index contributed by atoms with van der Waals surface area (Å²) < 4.78 is 14.7. The highest BCUT2D eigenvalue weighted by molar-refractivity contribution is 6.17. The van der Waals surface area contributed by atoms with Crippen LogP contribution in [-0.4, -0.2) is 57.3 Å². The number of hydrogen-bond donors (Lipinski definition) is 1. The minimum absolute atomic E-state index is 0.0412. The van der Waals surface area contributed by atoms with Crippen LogP contribution in [0.2, 0.25) is 0 Å². The molecule has 5 rings (SSSR count). The first kappa shape index (κ1) is 27.5. The standard InChI is InChI=1S/C31H33FN6O2/c1-31(2,3)29-18-34-25(16-35-29)27(39)13-21-12-19(7-9-22(21)32)23-14-24(28(40)17-33-23)37-30-10-8-20(15-36-30)26-6-5-11-38(26)4/h7-10,12,14-16,18,26H,5-6,11,13,17H2,1-4H3,(H,36,37). The molecule has 0 saturated carbocycles. The zero-order chi connectivity index (χ0) is 28.4. The SMILES string of the molecule is CN1CCCC1c1ccc(NC2=CC(c3ccc(F)c(CC(=O)c4cnc(C(C)(C)C)cn4)c3)=NCC2=O)nc1. The third-order valence-corrected chi connectivity index (χ3v) is 7.33. The fourth-order valence-corrected chi connectivity index (χ4v) is 4.92. The van der Waals surface area contributed by atoms with Crippen molar-refractivity contribution in [2.24, 2.45) is 4.99 Å². The largest absolute Gasteiger partial charge is 0.337 e. The molecule has 1 aromatic carbocycles. The van der Waals surface area contributed by atoms with Gasteiger partial charge in [0, 0.05) is 35.8 Å². The van der Waals surface area contributed by atoms with E-state index in [4.69, 9.17) is 0 Å². The number of likely N-dealkylation sites (tertiary alicyclic amines) is 1. The molecule has 206 valence electrons. The van der Waals surface area contributed by atoms with Gasteiger partial charge in [-0.15, -0.1) is 0 Å². The molecule has 2 aliphatic rings. The van der Waals surface area contributed by atoms with Crippen molar-refractivity contribution in [1.29, 1.82) is 0 Å². The number of nitrogens with zero attached hydrogens (tertiary/aromatic N) is 5. The van der Waals surface area contributed by atoms with Gasteiger partial charge in [0.05, 0.1) is 23.3 Å². The van der Waals surface area contributed by atoms with E-state index in [9.17, 15) is 14.0 Å². The molecule has 40 heavy (non-hydrogen) atoms. The number of halogens is 1. The fourth-order valence-electron chi connectivity index (χ4n) is 4.92. The van der Waals surface area contributed by atoms with Crippen molar-refractivity contribution in [3.63, 3.8) is 0 Å². The van der Waals surface area contributed by atoms with E-state index < -0.39 is 5.82 Å². The quantitative estimate of drug-likeness (QED) is 0.427. The summed E-state index contributed by atoms with van der Waals surface area (Å²) in [4.78, 5) is 45.3. The van der Waals surface area contributed by atoms with Crippen LogP contribution < -0.4 is 5.32 Å². The maximum absolute atomic E-state index is 14.7. The van der Waals surface area contributed by atoms with Crippen molar-refractivity contribution in [3.05, 3.63) is 94.6 Å². The molecule has 0 bridgehead atoms. The van der Waals surface area contributed by atoms with Gasteiger partial charge in [0.1, 0.15) is 23.9 Å². The molecule has 8 nitrogen and oxygen atoms in total. The summed E-state index contributed by atoms with van der Waals surface area (Å²) in [6.07, 6.45) is 8.62. The van der Waals surface area contributed by atoms with Crippen molar-refractivity contribution in [2.75, 3.05) is 25.5 Å². The highest BCUT2D eigenvalue weighted by Gasteiger charge is 2.24. The summed E-state index contributed by atoms with van der Waals surface area (Å²) >= 11 is 0. The number of aliphatic imine (C=N–C) groups is 1. The van der Waals surface area contributed by atoms with Gasteiger partial charge in [-0.1, -0.05) is 26.8 Å². The Kier molecular flexibility index (Phi) is 7.67. The molecular formula is C31H33FN6O2. The van der Waals surface area contributed by atoms with Gasteiger partial charge in [-0.05, 0) is 67.9 Å². The number of pyridine rings is 1. The zero-order valence-corrected chi connectivity index (χ0v) is 23.2. The molecule has 2 aliphatic heterocycles. The van der Waals surface area contributed by atoms with Crippen LogP contribution in [0.4, 0.5) is 10.2 Å². The third kappa shape index (κ3) is 6.04. The van der Waals surface area contributed by atoms with Crippen molar-refractivity contribution >= 4 is 23.1 Å². The maximum Gasteiger partial charge on any atom is 0.200 e. The number of Topliss-reactive ketones (excluding diaryl/α,β-unsaturated/α-hetero) is 2. The molecule has 1 fully saturated rings. The molecule has 1 saturated heterocycles. The Hall–Kier alpha value is -4.11. The average Bonchev–Trinajstić information content (AvgIpc) is 3.37. The number of rotatable bonds is 7. The van der Waals surface area contributed by atoms with E-state index in [-0.39, 0.29) is 41.2 Å². The number of hydrogen-bond acceptors (Lipinski definition) is 8. The molecule has 0 aliphatic carbocycles. The van der Waals surface area contributed by atoms with Gasteiger partial charge in [0.25, 0.3) is 0 Å². The first-order valence-electron chi connectivity index (χ1n) is 13.5. The number of allylic oxidation sites excluding steroid dienone is 1. The van der Waals surface area contributed by atoms with Gasteiger partial charge >= 0.3 is 0 Å². The minimum atomic E-state index is -0.497. The topological polar surface area (TPSA) is 100 Å². The zero-order valence-electron chi connectivity index (χ0n) is 23.2. The molecule has 3 aromatic rings. The van der Waals surface area contributed by atoms with Crippen LogP contribution in [0, 0.1) is 5.82 Å². The van der Waals surface area contributed by atoms with Gasteiger partial charge < -0.3 is 5.32 Å². The first-order chi connectivity index (χ1) is 19.1. The van der Waals surface area contributed by atoms with Crippen LogP contribution in [0.5, 0.6) is 0 Å². The number of anilines is 1. The Balaban J connectivity index is 1.31. The molecular weight excluding hydrogens is 507 g/mol. The fraction of sp³-hybridized carbons (Fsp3) is 0.355. The molecule has 4 heterocycles. The smallest absolute Gasteiger partial charge is 0.200 e. The van der Waals surface area contributed by atoms with E-state index in [2.05, 4.69) is 37.2 Å². The number of carbonyl (C=O) groups excluding carboxylic acids is 2.